The van der Waals surface area contributed by atoms with Crippen molar-refractivity contribution >= 4 is 0 Å². The zero-order valence-electron chi connectivity index (χ0n) is 10.1. The minimum Gasteiger partial charge on any atom is -0.508 e. The van der Waals surface area contributed by atoms with Crippen LogP contribution in [0.25, 0.3) is 0 Å². The molecule has 0 heterocycles. The molecule has 0 aromatic heterocycles. The van der Waals surface area contributed by atoms with Gasteiger partial charge in [-0.2, -0.15) is 0 Å². The molecule has 0 spiro atoms. The number of aromatic hydroxyl groups is 1. The van der Waals surface area contributed by atoms with E-state index >= 15 is 0 Å². The highest BCUT2D eigenvalue weighted by molar-refractivity contribution is 5.31. The van der Waals surface area contributed by atoms with E-state index in [1.54, 1.807) is 18.2 Å². The summed E-state index contributed by atoms with van der Waals surface area (Å²) in [7, 11) is 0. The highest BCUT2D eigenvalue weighted by Gasteiger charge is 2.05. The fourth-order valence-corrected chi connectivity index (χ4v) is 1.28. The van der Waals surface area contributed by atoms with Gasteiger partial charge < -0.3 is 19.7 Å². The molecule has 0 amide bonds. The van der Waals surface area contributed by atoms with Crippen LogP contribution in [0.5, 0.6) is 11.5 Å². The van der Waals surface area contributed by atoms with Crippen LogP contribution in [0.3, 0.4) is 0 Å². The molecule has 0 radical (unpaired) electrons. The van der Waals surface area contributed by atoms with E-state index in [-0.39, 0.29) is 19.0 Å². The first-order valence-corrected chi connectivity index (χ1v) is 5.90. The molecule has 17 heavy (non-hydrogen) atoms. The van der Waals surface area contributed by atoms with E-state index in [1.807, 2.05) is 0 Å². The molecular formula is C13H20O4. The Morgan fingerprint density at radius 3 is 2.82 bits per heavy atom. The van der Waals surface area contributed by atoms with Gasteiger partial charge in [-0.05, 0) is 18.6 Å². The van der Waals surface area contributed by atoms with E-state index in [2.05, 4.69) is 6.92 Å². The molecule has 96 valence electrons. The fourth-order valence-electron chi connectivity index (χ4n) is 1.28. The summed E-state index contributed by atoms with van der Waals surface area (Å²) in [6.45, 7) is 3.19. The van der Waals surface area contributed by atoms with Gasteiger partial charge in [-0.1, -0.05) is 19.4 Å². The van der Waals surface area contributed by atoms with Gasteiger partial charge in [0.05, 0.1) is 6.61 Å². The van der Waals surface area contributed by atoms with E-state index in [9.17, 15) is 10.2 Å². The second kappa shape index (κ2) is 7.92. The molecule has 1 atom stereocenters. The van der Waals surface area contributed by atoms with Crippen molar-refractivity contribution in [2.24, 2.45) is 0 Å². The lowest BCUT2D eigenvalue weighted by Crippen LogP contribution is -2.23. The monoisotopic (exact) mass is 240 g/mol. The molecule has 0 saturated heterocycles. The maximum atomic E-state index is 9.57. The van der Waals surface area contributed by atoms with E-state index in [4.69, 9.17) is 9.47 Å². The van der Waals surface area contributed by atoms with Crippen molar-refractivity contribution in [1.29, 1.82) is 0 Å². The van der Waals surface area contributed by atoms with Gasteiger partial charge in [0.1, 0.15) is 24.2 Å². The first-order chi connectivity index (χ1) is 8.22. The SMILES string of the molecule is CCCCOCC(O)COc1cccc(O)c1. The van der Waals surface area contributed by atoms with Crippen molar-refractivity contribution in [2.45, 2.75) is 25.9 Å². The third kappa shape index (κ3) is 6.14. The number of aliphatic hydroxyl groups is 1. The van der Waals surface area contributed by atoms with Crippen molar-refractivity contribution in [1.82, 2.24) is 0 Å². The van der Waals surface area contributed by atoms with Crippen molar-refractivity contribution in [2.75, 3.05) is 19.8 Å². The van der Waals surface area contributed by atoms with Crippen molar-refractivity contribution in [3.63, 3.8) is 0 Å². The molecule has 4 nitrogen and oxygen atoms in total. The summed E-state index contributed by atoms with van der Waals surface area (Å²) < 4.78 is 10.6. The highest BCUT2D eigenvalue weighted by Crippen LogP contribution is 2.17. The number of rotatable bonds is 8. The summed E-state index contributed by atoms with van der Waals surface area (Å²) in [5, 5.41) is 18.8. The van der Waals surface area contributed by atoms with Crippen LogP contribution in [0.15, 0.2) is 24.3 Å². The zero-order valence-corrected chi connectivity index (χ0v) is 10.1. The Hall–Kier alpha value is -1.26. The number of hydrogen-bond donors (Lipinski definition) is 2. The van der Waals surface area contributed by atoms with Gasteiger partial charge in [-0.3, -0.25) is 0 Å². The Morgan fingerprint density at radius 1 is 1.29 bits per heavy atom. The first-order valence-electron chi connectivity index (χ1n) is 5.90. The van der Waals surface area contributed by atoms with Crippen molar-refractivity contribution < 1.29 is 19.7 Å². The van der Waals surface area contributed by atoms with Crippen LogP contribution in [0, 0.1) is 0 Å². The Labute approximate surface area is 102 Å². The van der Waals surface area contributed by atoms with Gasteiger partial charge in [0, 0.05) is 12.7 Å². The standard InChI is InChI=1S/C13H20O4/c1-2-3-7-16-9-12(15)10-17-13-6-4-5-11(14)8-13/h4-6,8,12,14-15H,2-3,7,9-10H2,1H3. The smallest absolute Gasteiger partial charge is 0.123 e. The molecule has 0 fully saturated rings. The molecule has 4 heteroatoms. The average molecular weight is 240 g/mol. The lowest BCUT2D eigenvalue weighted by atomic mass is 10.3. The Bertz CT molecular complexity index is 314. The van der Waals surface area contributed by atoms with Gasteiger partial charge >= 0.3 is 0 Å². The molecule has 0 aliphatic heterocycles. The summed E-state index contributed by atoms with van der Waals surface area (Å²) in [6, 6.07) is 6.49. The highest BCUT2D eigenvalue weighted by atomic mass is 16.5. The molecule has 1 aromatic rings. The normalized spacial score (nSPS) is 12.4. The van der Waals surface area contributed by atoms with Crippen LogP contribution >= 0.6 is 0 Å². The minimum atomic E-state index is -0.644. The third-order valence-electron chi connectivity index (χ3n) is 2.21. The Morgan fingerprint density at radius 2 is 2.12 bits per heavy atom. The molecule has 0 bridgehead atoms. The molecule has 2 N–H and O–H groups in total. The summed E-state index contributed by atoms with van der Waals surface area (Å²) in [6.07, 6.45) is 1.44. The maximum absolute atomic E-state index is 9.57. The summed E-state index contributed by atoms with van der Waals surface area (Å²) in [4.78, 5) is 0. The van der Waals surface area contributed by atoms with Crippen LogP contribution in [0.2, 0.25) is 0 Å². The first kappa shape index (κ1) is 13.8. The van der Waals surface area contributed by atoms with E-state index in [1.165, 1.54) is 6.07 Å². The number of ether oxygens (including phenoxy) is 2. The van der Waals surface area contributed by atoms with E-state index in [0.717, 1.165) is 12.8 Å². The largest absolute Gasteiger partial charge is 0.508 e. The molecule has 1 aromatic carbocycles. The van der Waals surface area contributed by atoms with Crippen molar-refractivity contribution in [3.05, 3.63) is 24.3 Å². The van der Waals surface area contributed by atoms with Gasteiger partial charge in [0.15, 0.2) is 0 Å². The number of phenols is 1. The molecule has 1 rings (SSSR count). The Kier molecular flexibility index (Phi) is 6.43. The van der Waals surface area contributed by atoms with E-state index in [0.29, 0.717) is 12.4 Å². The van der Waals surface area contributed by atoms with Gasteiger partial charge in [-0.15, -0.1) is 0 Å². The number of phenolic OH excluding ortho intramolecular Hbond substituents is 1. The maximum Gasteiger partial charge on any atom is 0.123 e. The molecule has 0 aliphatic carbocycles. The lowest BCUT2D eigenvalue weighted by molar-refractivity contribution is 0.0113. The third-order valence-corrected chi connectivity index (χ3v) is 2.21. The summed E-state index contributed by atoms with van der Waals surface area (Å²) in [5.74, 6) is 0.689. The summed E-state index contributed by atoms with van der Waals surface area (Å²) in [5.41, 5.74) is 0. The van der Waals surface area contributed by atoms with Gasteiger partial charge in [-0.25, -0.2) is 0 Å². The lowest BCUT2D eigenvalue weighted by Gasteiger charge is -2.12. The number of aliphatic hydroxyl groups excluding tert-OH is 1. The average Bonchev–Trinajstić information content (AvgIpc) is 2.32. The van der Waals surface area contributed by atoms with Crippen LogP contribution < -0.4 is 4.74 Å². The molecule has 1 unspecified atom stereocenters. The van der Waals surface area contributed by atoms with Crippen LogP contribution in [0.4, 0.5) is 0 Å². The fraction of sp³-hybridized carbons (Fsp3) is 0.538. The van der Waals surface area contributed by atoms with Crippen LogP contribution in [0.1, 0.15) is 19.8 Å². The van der Waals surface area contributed by atoms with Crippen LogP contribution in [-0.2, 0) is 4.74 Å². The molecular weight excluding hydrogens is 220 g/mol. The van der Waals surface area contributed by atoms with Crippen LogP contribution in [-0.4, -0.2) is 36.1 Å². The zero-order chi connectivity index (χ0) is 12.5. The number of unbranched alkanes of at least 4 members (excludes halogenated alkanes) is 1. The molecule has 0 saturated carbocycles. The minimum absolute atomic E-state index is 0.149. The summed E-state index contributed by atoms with van der Waals surface area (Å²) >= 11 is 0. The second-order valence-corrected chi connectivity index (χ2v) is 3.89. The predicted molar refractivity (Wildman–Crippen MR) is 65.3 cm³/mol. The number of hydrogen-bond acceptors (Lipinski definition) is 4. The van der Waals surface area contributed by atoms with Gasteiger partial charge in [0.25, 0.3) is 0 Å². The Balaban J connectivity index is 2.17. The van der Waals surface area contributed by atoms with Gasteiger partial charge in [0.2, 0.25) is 0 Å². The quantitative estimate of drug-likeness (QED) is 0.682. The molecule has 0 aliphatic rings. The number of benzene rings is 1. The van der Waals surface area contributed by atoms with E-state index < -0.39 is 6.10 Å². The van der Waals surface area contributed by atoms with Crippen molar-refractivity contribution in [3.8, 4) is 11.5 Å². The predicted octanol–water partition coefficient (Wildman–Crippen LogP) is 1.95. The second-order valence-electron chi connectivity index (χ2n) is 3.89. The topological polar surface area (TPSA) is 58.9 Å².